The molecule has 3 N–H and O–H groups in total. The highest BCUT2D eigenvalue weighted by Gasteiger charge is 2.25. The zero-order valence-electron chi connectivity index (χ0n) is 20.9. The summed E-state index contributed by atoms with van der Waals surface area (Å²) in [6.07, 6.45) is -2.30. The molecule has 2 amide bonds. The van der Waals surface area contributed by atoms with Crippen molar-refractivity contribution in [1.82, 2.24) is 10.6 Å². The molecule has 0 saturated heterocycles. The second-order valence-electron chi connectivity index (χ2n) is 9.80. The molecule has 0 bridgehead atoms. The van der Waals surface area contributed by atoms with Gasteiger partial charge in [0.2, 0.25) is 0 Å². The predicted octanol–water partition coefficient (Wildman–Crippen LogP) is 3.83. The maximum absolute atomic E-state index is 12.2. The average molecular weight is 483 g/mol. The van der Waals surface area contributed by atoms with Crippen molar-refractivity contribution in [1.29, 1.82) is 0 Å². The third-order valence-corrected chi connectivity index (χ3v) is 4.06. The number of alkyl carbamates (subject to hydrolysis) is 2. The largest absolute Gasteiger partial charge is 0.481 e. The molecule has 0 aliphatic carbocycles. The summed E-state index contributed by atoms with van der Waals surface area (Å²) in [5.74, 6) is -1.10. The SMILES string of the molecule is CC(C)(C)OC(=O)NC[C@@H](C[C@H](CC(=O)O)NC(=O)OC(C)(C)C)OCOCc1ccccc1. The lowest BCUT2D eigenvalue weighted by molar-refractivity contribution is -0.138. The van der Waals surface area contributed by atoms with Crippen molar-refractivity contribution in [3.63, 3.8) is 0 Å². The van der Waals surface area contributed by atoms with Crippen molar-refractivity contribution in [3.8, 4) is 0 Å². The first kappa shape index (κ1) is 29.2. The Bertz CT molecular complexity index is 771. The molecule has 0 saturated carbocycles. The molecule has 10 heteroatoms. The molecule has 1 rings (SSSR count). The number of ether oxygens (including phenoxy) is 4. The van der Waals surface area contributed by atoms with Gasteiger partial charge in [0.05, 0.1) is 19.1 Å². The van der Waals surface area contributed by atoms with Gasteiger partial charge >= 0.3 is 18.2 Å². The van der Waals surface area contributed by atoms with Crippen LogP contribution < -0.4 is 10.6 Å². The number of hydrogen-bond donors (Lipinski definition) is 3. The van der Waals surface area contributed by atoms with Crippen LogP contribution in [0.25, 0.3) is 0 Å². The van der Waals surface area contributed by atoms with Crippen molar-refractivity contribution in [2.45, 2.75) is 84.3 Å². The van der Waals surface area contributed by atoms with Crippen LogP contribution in [0, 0.1) is 0 Å². The third-order valence-electron chi connectivity index (χ3n) is 4.06. The average Bonchev–Trinajstić information content (AvgIpc) is 2.66. The van der Waals surface area contributed by atoms with Crippen LogP contribution in [0.1, 0.15) is 59.9 Å². The van der Waals surface area contributed by atoms with Gasteiger partial charge in [-0.3, -0.25) is 4.79 Å². The number of nitrogens with one attached hydrogen (secondary N) is 2. The number of carboxylic acids is 1. The molecule has 192 valence electrons. The minimum Gasteiger partial charge on any atom is -0.481 e. The number of benzene rings is 1. The highest BCUT2D eigenvalue weighted by molar-refractivity contribution is 5.71. The Morgan fingerprint density at radius 2 is 1.53 bits per heavy atom. The molecule has 1 aromatic rings. The van der Waals surface area contributed by atoms with E-state index in [1.165, 1.54) is 0 Å². The van der Waals surface area contributed by atoms with Crippen molar-refractivity contribution in [2.75, 3.05) is 13.3 Å². The van der Waals surface area contributed by atoms with Gasteiger partial charge in [-0.25, -0.2) is 9.59 Å². The molecule has 0 unspecified atom stereocenters. The highest BCUT2D eigenvalue weighted by atomic mass is 16.7. The molecule has 10 nitrogen and oxygen atoms in total. The molecule has 34 heavy (non-hydrogen) atoms. The first-order chi connectivity index (χ1) is 15.7. The van der Waals surface area contributed by atoms with E-state index in [-0.39, 0.29) is 26.2 Å². The second kappa shape index (κ2) is 13.8. The Kier molecular flexibility index (Phi) is 11.8. The van der Waals surface area contributed by atoms with Gasteiger partial charge in [-0.05, 0) is 53.5 Å². The zero-order chi connectivity index (χ0) is 25.8. The van der Waals surface area contributed by atoms with Crippen molar-refractivity contribution in [3.05, 3.63) is 35.9 Å². The predicted molar refractivity (Wildman–Crippen MR) is 125 cm³/mol. The van der Waals surface area contributed by atoms with Gasteiger partial charge in [0, 0.05) is 12.6 Å². The van der Waals surface area contributed by atoms with E-state index in [4.69, 9.17) is 18.9 Å². The molecule has 0 aliphatic rings. The first-order valence-corrected chi connectivity index (χ1v) is 11.1. The Hall–Kier alpha value is -2.85. The number of carbonyl (C=O) groups is 3. The summed E-state index contributed by atoms with van der Waals surface area (Å²) in [6.45, 7) is 10.6. The highest BCUT2D eigenvalue weighted by Crippen LogP contribution is 2.12. The molecule has 0 fully saturated rings. The van der Waals surface area contributed by atoms with Crippen LogP contribution in [0.4, 0.5) is 9.59 Å². The van der Waals surface area contributed by atoms with E-state index in [1.54, 1.807) is 41.5 Å². The van der Waals surface area contributed by atoms with E-state index < -0.39 is 41.5 Å². The number of rotatable bonds is 12. The van der Waals surface area contributed by atoms with Crippen LogP contribution in [0.3, 0.4) is 0 Å². The summed E-state index contributed by atoms with van der Waals surface area (Å²) in [5.41, 5.74) is -0.453. The molecule has 1 aromatic carbocycles. The van der Waals surface area contributed by atoms with Crippen LogP contribution in [-0.4, -0.2) is 59.9 Å². The van der Waals surface area contributed by atoms with Crippen LogP contribution in [0.5, 0.6) is 0 Å². The normalized spacial score (nSPS) is 13.5. The van der Waals surface area contributed by atoms with Crippen LogP contribution in [0.2, 0.25) is 0 Å². The van der Waals surface area contributed by atoms with Gasteiger partial charge in [0.15, 0.2) is 0 Å². The molecular formula is C24H38N2O8. The molecule has 2 atom stereocenters. The quantitative estimate of drug-likeness (QED) is 0.302. The van der Waals surface area contributed by atoms with E-state index in [0.717, 1.165) is 5.56 Å². The standard InChI is InChI=1S/C24H38N2O8/c1-23(2,3)33-21(29)25-14-19(32-16-31-15-17-10-8-7-9-11-17)12-18(13-20(27)28)26-22(30)34-24(4,5)6/h7-11,18-19H,12-16H2,1-6H3,(H,25,29)(H,26,30)(H,27,28)/t18-,19-/m1/s1. The second-order valence-corrected chi connectivity index (χ2v) is 9.80. The zero-order valence-corrected chi connectivity index (χ0v) is 20.9. The monoisotopic (exact) mass is 482 g/mol. The van der Waals surface area contributed by atoms with Gasteiger partial charge < -0.3 is 34.7 Å². The number of carboxylic acid groups (broad SMARTS) is 1. The maximum atomic E-state index is 12.2. The lowest BCUT2D eigenvalue weighted by Crippen LogP contribution is -2.45. The summed E-state index contributed by atoms with van der Waals surface area (Å²) in [7, 11) is 0. The van der Waals surface area contributed by atoms with Crippen LogP contribution in [-0.2, 0) is 30.3 Å². The molecule has 0 aromatic heterocycles. The third kappa shape index (κ3) is 15.1. The van der Waals surface area contributed by atoms with Crippen molar-refractivity contribution < 1.29 is 38.4 Å². The minimum absolute atomic E-state index is 0.0235. The smallest absolute Gasteiger partial charge is 0.407 e. The van der Waals surface area contributed by atoms with E-state index in [0.29, 0.717) is 6.61 Å². The topological polar surface area (TPSA) is 132 Å². The lowest BCUT2D eigenvalue weighted by Gasteiger charge is -2.26. The van der Waals surface area contributed by atoms with Gasteiger partial charge in [-0.2, -0.15) is 0 Å². The summed E-state index contributed by atoms with van der Waals surface area (Å²) in [4.78, 5) is 35.6. The Balaban J connectivity index is 2.76. The van der Waals surface area contributed by atoms with E-state index in [1.807, 2.05) is 30.3 Å². The summed E-state index contributed by atoms with van der Waals surface area (Å²) >= 11 is 0. The lowest BCUT2D eigenvalue weighted by atomic mass is 10.1. The molecule has 0 heterocycles. The van der Waals surface area contributed by atoms with Gasteiger partial charge in [0.25, 0.3) is 0 Å². The van der Waals surface area contributed by atoms with Crippen molar-refractivity contribution >= 4 is 18.2 Å². The summed E-state index contributed by atoms with van der Waals surface area (Å²) in [5, 5.41) is 14.5. The van der Waals surface area contributed by atoms with E-state index in [9.17, 15) is 19.5 Å². The van der Waals surface area contributed by atoms with E-state index >= 15 is 0 Å². The Labute approximate surface area is 201 Å². The fraction of sp³-hybridized carbons (Fsp3) is 0.625. The number of aliphatic carboxylic acids is 1. The van der Waals surface area contributed by atoms with Crippen LogP contribution >= 0.6 is 0 Å². The Morgan fingerprint density at radius 1 is 0.941 bits per heavy atom. The number of hydrogen-bond acceptors (Lipinski definition) is 7. The maximum Gasteiger partial charge on any atom is 0.407 e. The number of amides is 2. The number of carbonyl (C=O) groups excluding carboxylic acids is 2. The summed E-state index contributed by atoms with van der Waals surface area (Å²) < 4.78 is 21.8. The van der Waals surface area contributed by atoms with Gasteiger partial charge in [-0.15, -0.1) is 0 Å². The first-order valence-electron chi connectivity index (χ1n) is 11.1. The van der Waals surface area contributed by atoms with E-state index in [2.05, 4.69) is 10.6 Å². The molecule has 0 spiro atoms. The molecule has 0 aliphatic heterocycles. The van der Waals surface area contributed by atoms with Crippen molar-refractivity contribution in [2.24, 2.45) is 0 Å². The van der Waals surface area contributed by atoms with Gasteiger partial charge in [-0.1, -0.05) is 30.3 Å². The fourth-order valence-corrected chi connectivity index (χ4v) is 2.80. The van der Waals surface area contributed by atoms with Crippen LogP contribution in [0.15, 0.2) is 30.3 Å². The Morgan fingerprint density at radius 3 is 2.09 bits per heavy atom. The summed E-state index contributed by atoms with van der Waals surface area (Å²) in [6, 6.07) is 8.72. The molecule has 0 radical (unpaired) electrons. The fourth-order valence-electron chi connectivity index (χ4n) is 2.80. The molecular weight excluding hydrogens is 444 g/mol. The minimum atomic E-state index is -1.10. The van der Waals surface area contributed by atoms with Gasteiger partial charge in [0.1, 0.15) is 18.0 Å².